The highest BCUT2D eigenvalue weighted by Gasteiger charge is 2.08. The van der Waals surface area contributed by atoms with E-state index in [1.807, 2.05) is 23.9 Å². The van der Waals surface area contributed by atoms with Crippen LogP contribution in [0.15, 0.2) is 29.3 Å². The first kappa shape index (κ1) is 19.8. The van der Waals surface area contributed by atoms with E-state index in [4.69, 9.17) is 9.73 Å². The molecule has 26 heavy (non-hydrogen) atoms. The SMILES string of the molecule is CCNC(=NCCc1c(C)nn(C)c1C)NCCc1ccc(OC)cc1. The van der Waals surface area contributed by atoms with Crippen molar-refractivity contribution in [3.63, 3.8) is 0 Å². The van der Waals surface area contributed by atoms with Gasteiger partial charge in [0.05, 0.1) is 12.8 Å². The van der Waals surface area contributed by atoms with Gasteiger partial charge in [-0.25, -0.2) is 0 Å². The second kappa shape index (κ2) is 9.85. The maximum Gasteiger partial charge on any atom is 0.191 e. The van der Waals surface area contributed by atoms with E-state index < -0.39 is 0 Å². The van der Waals surface area contributed by atoms with E-state index in [0.29, 0.717) is 0 Å². The molecule has 6 nitrogen and oxygen atoms in total. The summed E-state index contributed by atoms with van der Waals surface area (Å²) in [7, 11) is 3.67. The molecule has 2 aromatic rings. The highest BCUT2D eigenvalue weighted by atomic mass is 16.5. The van der Waals surface area contributed by atoms with Crippen molar-refractivity contribution in [1.82, 2.24) is 20.4 Å². The lowest BCUT2D eigenvalue weighted by atomic mass is 10.1. The van der Waals surface area contributed by atoms with Gasteiger partial charge in [0.1, 0.15) is 5.75 Å². The third-order valence-corrected chi connectivity index (χ3v) is 4.50. The van der Waals surface area contributed by atoms with E-state index in [0.717, 1.165) is 49.9 Å². The van der Waals surface area contributed by atoms with Crippen LogP contribution in [0.5, 0.6) is 5.75 Å². The first-order valence-electron chi connectivity index (χ1n) is 9.19. The predicted octanol–water partition coefficient (Wildman–Crippen LogP) is 2.39. The van der Waals surface area contributed by atoms with Gasteiger partial charge in [0.2, 0.25) is 0 Å². The average Bonchev–Trinajstić information content (AvgIpc) is 2.88. The molecule has 1 heterocycles. The van der Waals surface area contributed by atoms with Crippen molar-refractivity contribution < 1.29 is 4.74 Å². The van der Waals surface area contributed by atoms with Crippen LogP contribution in [0.4, 0.5) is 0 Å². The van der Waals surface area contributed by atoms with Gasteiger partial charge in [-0.05, 0) is 56.9 Å². The molecule has 0 saturated heterocycles. The van der Waals surface area contributed by atoms with E-state index in [2.05, 4.69) is 48.6 Å². The zero-order valence-corrected chi connectivity index (χ0v) is 16.6. The van der Waals surface area contributed by atoms with Crippen LogP contribution in [-0.2, 0) is 19.9 Å². The lowest BCUT2D eigenvalue weighted by Gasteiger charge is -2.11. The fourth-order valence-electron chi connectivity index (χ4n) is 2.92. The second-order valence-corrected chi connectivity index (χ2v) is 6.31. The number of aryl methyl sites for hydroxylation is 2. The summed E-state index contributed by atoms with van der Waals surface area (Å²) >= 11 is 0. The molecule has 0 aliphatic rings. The van der Waals surface area contributed by atoms with E-state index in [9.17, 15) is 0 Å². The first-order valence-corrected chi connectivity index (χ1v) is 9.19. The molecule has 1 aromatic carbocycles. The molecule has 142 valence electrons. The smallest absolute Gasteiger partial charge is 0.191 e. The zero-order chi connectivity index (χ0) is 18.9. The molecule has 1 aromatic heterocycles. The van der Waals surface area contributed by atoms with E-state index in [-0.39, 0.29) is 0 Å². The molecule has 2 rings (SSSR count). The van der Waals surface area contributed by atoms with Gasteiger partial charge in [-0.15, -0.1) is 0 Å². The molecule has 0 fully saturated rings. The van der Waals surface area contributed by atoms with Crippen LogP contribution in [0.25, 0.3) is 0 Å². The number of aromatic nitrogens is 2. The average molecular weight is 358 g/mol. The molecule has 2 N–H and O–H groups in total. The topological polar surface area (TPSA) is 63.5 Å². The summed E-state index contributed by atoms with van der Waals surface area (Å²) in [6, 6.07) is 8.18. The van der Waals surface area contributed by atoms with Crippen molar-refractivity contribution in [2.24, 2.45) is 12.0 Å². The Morgan fingerprint density at radius 2 is 1.88 bits per heavy atom. The maximum absolute atomic E-state index is 5.19. The Morgan fingerprint density at radius 3 is 2.46 bits per heavy atom. The van der Waals surface area contributed by atoms with Crippen LogP contribution < -0.4 is 15.4 Å². The second-order valence-electron chi connectivity index (χ2n) is 6.31. The maximum atomic E-state index is 5.19. The number of guanidine groups is 1. The first-order chi connectivity index (χ1) is 12.5. The molecule has 0 radical (unpaired) electrons. The Labute approximate surface area is 156 Å². The highest BCUT2D eigenvalue weighted by Crippen LogP contribution is 2.12. The van der Waals surface area contributed by atoms with Gasteiger partial charge in [-0.2, -0.15) is 5.10 Å². The standard InChI is InChI=1S/C20H31N5O/c1-6-21-20(22-13-11-17-7-9-18(26-5)10-8-17)23-14-12-19-15(2)24-25(4)16(19)3/h7-10H,6,11-14H2,1-5H3,(H2,21,22,23). The summed E-state index contributed by atoms with van der Waals surface area (Å²) in [4.78, 5) is 4.70. The number of hydrogen-bond donors (Lipinski definition) is 2. The van der Waals surface area contributed by atoms with Crippen LogP contribution in [0.2, 0.25) is 0 Å². The molecule has 0 atom stereocenters. The molecule has 0 spiro atoms. The van der Waals surface area contributed by atoms with E-state index in [1.54, 1.807) is 7.11 Å². The van der Waals surface area contributed by atoms with Crippen molar-refractivity contribution in [2.75, 3.05) is 26.7 Å². The summed E-state index contributed by atoms with van der Waals surface area (Å²) in [6.07, 6.45) is 1.84. The largest absolute Gasteiger partial charge is 0.497 e. The summed E-state index contributed by atoms with van der Waals surface area (Å²) in [5.74, 6) is 1.75. The number of rotatable bonds is 8. The quantitative estimate of drug-likeness (QED) is 0.562. The molecular weight excluding hydrogens is 326 g/mol. The fraction of sp³-hybridized carbons (Fsp3) is 0.500. The monoisotopic (exact) mass is 357 g/mol. The Balaban J connectivity index is 1.85. The summed E-state index contributed by atoms with van der Waals surface area (Å²) in [6.45, 7) is 8.67. The van der Waals surface area contributed by atoms with Crippen molar-refractivity contribution in [3.05, 3.63) is 46.8 Å². The molecule has 0 bridgehead atoms. The van der Waals surface area contributed by atoms with Gasteiger partial charge in [0.15, 0.2) is 5.96 Å². The Morgan fingerprint density at radius 1 is 1.15 bits per heavy atom. The molecule has 6 heteroatoms. The normalized spacial score (nSPS) is 11.5. The molecule has 0 aliphatic heterocycles. The third-order valence-electron chi connectivity index (χ3n) is 4.50. The number of benzene rings is 1. The van der Waals surface area contributed by atoms with Gasteiger partial charge >= 0.3 is 0 Å². The van der Waals surface area contributed by atoms with Crippen molar-refractivity contribution in [3.8, 4) is 5.75 Å². The van der Waals surface area contributed by atoms with Crippen LogP contribution in [0, 0.1) is 13.8 Å². The van der Waals surface area contributed by atoms with Crippen LogP contribution in [0.1, 0.15) is 29.4 Å². The number of methoxy groups -OCH3 is 1. The number of nitrogens with one attached hydrogen (secondary N) is 2. The van der Waals surface area contributed by atoms with E-state index >= 15 is 0 Å². The number of nitrogens with zero attached hydrogens (tertiary/aromatic N) is 3. The van der Waals surface area contributed by atoms with Crippen molar-refractivity contribution >= 4 is 5.96 Å². The molecule has 0 aliphatic carbocycles. The van der Waals surface area contributed by atoms with E-state index in [1.165, 1.54) is 16.8 Å². The van der Waals surface area contributed by atoms with Gasteiger partial charge in [-0.3, -0.25) is 9.67 Å². The molecule has 0 saturated carbocycles. The fourth-order valence-corrected chi connectivity index (χ4v) is 2.92. The van der Waals surface area contributed by atoms with Gasteiger partial charge in [0, 0.05) is 32.4 Å². The Kier molecular flexibility index (Phi) is 7.51. The summed E-state index contributed by atoms with van der Waals surface area (Å²) in [5.41, 5.74) is 4.88. The number of ether oxygens (including phenoxy) is 1. The van der Waals surface area contributed by atoms with Crippen LogP contribution in [-0.4, -0.2) is 42.5 Å². The predicted molar refractivity (Wildman–Crippen MR) is 107 cm³/mol. The summed E-state index contributed by atoms with van der Waals surface area (Å²) < 4.78 is 7.13. The van der Waals surface area contributed by atoms with Gasteiger partial charge < -0.3 is 15.4 Å². The highest BCUT2D eigenvalue weighted by molar-refractivity contribution is 5.79. The third kappa shape index (κ3) is 5.51. The van der Waals surface area contributed by atoms with Crippen molar-refractivity contribution in [1.29, 1.82) is 0 Å². The minimum Gasteiger partial charge on any atom is -0.497 e. The van der Waals surface area contributed by atoms with Gasteiger partial charge in [-0.1, -0.05) is 12.1 Å². The lowest BCUT2D eigenvalue weighted by molar-refractivity contribution is 0.414. The van der Waals surface area contributed by atoms with Crippen molar-refractivity contribution in [2.45, 2.75) is 33.6 Å². The molecule has 0 amide bonds. The zero-order valence-electron chi connectivity index (χ0n) is 16.6. The van der Waals surface area contributed by atoms with Crippen LogP contribution in [0.3, 0.4) is 0 Å². The number of hydrogen-bond acceptors (Lipinski definition) is 3. The van der Waals surface area contributed by atoms with Gasteiger partial charge in [0.25, 0.3) is 0 Å². The Hall–Kier alpha value is -2.50. The number of aliphatic imine (C=N–C) groups is 1. The minimum absolute atomic E-state index is 0.741. The minimum atomic E-state index is 0.741. The molecular formula is C20H31N5O. The van der Waals surface area contributed by atoms with Crippen LogP contribution >= 0.6 is 0 Å². The molecule has 0 unspecified atom stereocenters. The lowest BCUT2D eigenvalue weighted by Crippen LogP contribution is -2.38. The summed E-state index contributed by atoms with van der Waals surface area (Å²) in [5, 5.41) is 11.2. The Bertz CT molecular complexity index is 719.